The van der Waals surface area contributed by atoms with Crippen LogP contribution in [-0.2, 0) is 4.74 Å². The zero-order valence-electron chi connectivity index (χ0n) is 8.18. The molecule has 0 aromatic heterocycles. The molecule has 1 rings (SSSR count). The van der Waals surface area contributed by atoms with Gasteiger partial charge in [0.1, 0.15) is 0 Å². The van der Waals surface area contributed by atoms with Crippen molar-refractivity contribution in [2.75, 3.05) is 46.9 Å². The van der Waals surface area contributed by atoms with E-state index in [0.717, 1.165) is 25.6 Å². The van der Waals surface area contributed by atoms with Crippen LogP contribution in [0.15, 0.2) is 0 Å². The lowest BCUT2D eigenvalue weighted by atomic mass is 10.1. The second-order valence-corrected chi connectivity index (χ2v) is 3.51. The van der Waals surface area contributed by atoms with Crippen molar-refractivity contribution in [2.45, 2.75) is 6.42 Å². The number of hydrogen-bond donors (Lipinski definition) is 1. The molecule has 0 unspecified atom stereocenters. The molecule has 1 saturated heterocycles. The van der Waals surface area contributed by atoms with Gasteiger partial charge in [0.15, 0.2) is 0 Å². The fourth-order valence-electron chi connectivity index (χ4n) is 1.79. The maximum Gasteiger partial charge on any atom is 0.0589 e. The summed E-state index contributed by atoms with van der Waals surface area (Å²) in [5.74, 6) is 0.854. The van der Waals surface area contributed by atoms with Gasteiger partial charge in [-0.05, 0) is 32.5 Å². The van der Waals surface area contributed by atoms with Gasteiger partial charge in [-0.2, -0.15) is 0 Å². The molecule has 3 nitrogen and oxygen atoms in total. The van der Waals surface area contributed by atoms with E-state index in [1.54, 1.807) is 7.11 Å². The maximum atomic E-state index is 5.04. The molecule has 0 amide bonds. The Hall–Kier alpha value is -0.120. The number of ether oxygens (including phenoxy) is 1. The Bertz CT molecular complexity index is 119. The smallest absolute Gasteiger partial charge is 0.0589 e. The minimum Gasteiger partial charge on any atom is -0.383 e. The van der Waals surface area contributed by atoms with Gasteiger partial charge in [-0.25, -0.2) is 0 Å². The molecule has 1 fully saturated rings. The Morgan fingerprint density at radius 2 is 2.42 bits per heavy atom. The number of nitrogens with one attached hydrogen (secondary N) is 1. The lowest BCUT2D eigenvalue weighted by Crippen LogP contribution is -2.27. The van der Waals surface area contributed by atoms with E-state index in [1.807, 2.05) is 7.05 Å². The highest BCUT2D eigenvalue weighted by atomic mass is 16.5. The van der Waals surface area contributed by atoms with Gasteiger partial charge < -0.3 is 15.0 Å². The SMILES string of the molecule is CNC[C@@H]1CCN(CCOC)C1. The highest BCUT2D eigenvalue weighted by Crippen LogP contribution is 2.14. The van der Waals surface area contributed by atoms with Crippen molar-refractivity contribution >= 4 is 0 Å². The Balaban J connectivity index is 2.08. The number of methoxy groups -OCH3 is 1. The number of rotatable bonds is 5. The van der Waals surface area contributed by atoms with Crippen LogP contribution in [0.4, 0.5) is 0 Å². The van der Waals surface area contributed by atoms with Crippen LogP contribution in [0.2, 0.25) is 0 Å². The molecule has 0 aliphatic carbocycles. The van der Waals surface area contributed by atoms with Gasteiger partial charge in [0.2, 0.25) is 0 Å². The van der Waals surface area contributed by atoms with Gasteiger partial charge in [-0.15, -0.1) is 0 Å². The molecule has 0 aromatic rings. The van der Waals surface area contributed by atoms with E-state index in [-0.39, 0.29) is 0 Å². The van der Waals surface area contributed by atoms with Gasteiger partial charge in [-0.1, -0.05) is 0 Å². The summed E-state index contributed by atoms with van der Waals surface area (Å²) in [6.07, 6.45) is 1.34. The molecule has 12 heavy (non-hydrogen) atoms. The third-order valence-corrected chi connectivity index (χ3v) is 2.47. The minimum absolute atomic E-state index is 0.854. The zero-order valence-corrected chi connectivity index (χ0v) is 8.18. The molecule has 0 spiro atoms. The van der Waals surface area contributed by atoms with E-state index in [4.69, 9.17) is 4.74 Å². The van der Waals surface area contributed by atoms with Crippen molar-refractivity contribution in [3.8, 4) is 0 Å². The van der Waals surface area contributed by atoms with Crippen molar-refractivity contribution in [1.29, 1.82) is 0 Å². The minimum atomic E-state index is 0.854. The summed E-state index contributed by atoms with van der Waals surface area (Å²) in [4.78, 5) is 2.48. The van der Waals surface area contributed by atoms with Crippen molar-refractivity contribution in [3.63, 3.8) is 0 Å². The largest absolute Gasteiger partial charge is 0.383 e. The van der Waals surface area contributed by atoms with Crippen LogP contribution in [0.1, 0.15) is 6.42 Å². The molecule has 1 aliphatic heterocycles. The zero-order chi connectivity index (χ0) is 8.81. The second-order valence-electron chi connectivity index (χ2n) is 3.51. The number of nitrogens with zero attached hydrogens (tertiary/aromatic N) is 1. The maximum absolute atomic E-state index is 5.04. The second kappa shape index (κ2) is 5.51. The molecular weight excluding hydrogens is 152 g/mol. The highest BCUT2D eigenvalue weighted by molar-refractivity contribution is 4.76. The number of hydrogen-bond acceptors (Lipinski definition) is 3. The molecule has 0 bridgehead atoms. The molecule has 3 heteroatoms. The summed E-state index contributed by atoms with van der Waals surface area (Å²) >= 11 is 0. The van der Waals surface area contributed by atoms with Crippen molar-refractivity contribution in [2.24, 2.45) is 5.92 Å². The van der Waals surface area contributed by atoms with Gasteiger partial charge in [0.05, 0.1) is 6.61 Å². The van der Waals surface area contributed by atoms with E-state index < -0.39 is 0 Å². The van der Waals surface area contributed by atoms with Crippen LogP contribution < -0.4 is 5.32 Å². The fourth-order valence-corrected chi connectivity index (χ4v) is 1.79. The van der Waals surface area contributed by atoms with Gasteiger partial charge in [-0.3, -0.25) is 0 Å². The summed E-state index contributed by atoms with van der Waals surface area (Å²) in [5.41, 5.74) is 0. The first-order chi connectivity index (χ1) is 5.86. The van der Waals surface area contributed by atoms with Gasteiger partial charge in [0.25, 0.3) is 0 Å². The quantitative estimate of drug-likeness (QED) is 0.640. The monoisotopic (exact) mass is 172 g/mol. The third kappa shape index (κ3) is 3.09. The molecule has 1 N–H and O–H groups in total. The van der Waals surface area contributed by atoms with Crippen molar-refractivity contribution < 1.29 is 4.74 Å². The lowest BCUT2D eigenvalue weighted by molar-refractivity contribution is 0.159. The molecule has 72 valence electrons. The van der Waals surface area contributed by atoms with E-state index >= 15 is 0 Å². The van der Waals surface area contributed by atoms with Crippen LogP contribution in [0.5, 0.6) is 0 Å². The van der Waals surface area contributed by atoms with Crippen LogP contribution in [0, 0.1) is 5.92 Å². The van der Waals surface area contributed by atoms with E-state index in [1.165, 1.54) is 19.5 Å². The average molecular weight is 172 g/mol. The first kappa shape index (κ1) is 9.96. The summed E-state index contributed by atoms with van der Waals surface area (Å²) in [5, 5.41) is 3.23. The Morgan fingerprint density at radius 1 is 1.58 bits per heavy atom. The third-order valence-electron chi connectivity index (χ3n) is 2.47. The summed E-state index contributed by atoms with van der Waals surface area (Å²) in [6, 6.07) is 0. The van der Waals surface area contributed by atoms with E-state index in [0.29, 0.717) is 0 Å². The Morgan fingerprint density at radius 3 is 3.08 bits per heavy atom. The topological polar surface area (TPSA) is 24.5 Å². The number of likely N-dealkylation sites (tertiary alicyclic amines) is 1. The van der Waals surface area contributed by atoms with Gasteiger partial charge >= 0.3 is 0 Å². The molecule has 0 radical (unpaired) electrons. The molecule has 0 saturated carbocycles. The normalized spacial score (nSPS) is 25.0. The van der Waals surface area contributed by atoms with Gasteiger partial charge in [0, 0.05) is 20.2 Å². The summed E-state index contributed by atoms with van der Waals surface area (Å²) in [6.45, 7) is 5.60. The summed E-state index contributed by atoms with van der Waals surface area (Å²) < 4.78 is 5.04. The Kier molecular flexibility index (Phi) is 4.58. The first-order valence-electron chi connectivity index (χ1n) is 4.72. The molecule has 1 heterocycles. The summed E-state index contributed by atoms with van der Waals surface area (Å²) in [7, 11) is 3.79. The molecule has 0 aromatic carbocycles. The lowest BCUT2D eigenvalue weighted by Gasteiger charge is -2.14. The van der Waals surface area contributed by atoms with Crippen molar-refractivity contribution in [3.05, 3.63) is 0 Å². The van der Waals surface area contributed by atoms with Crippen molar-refractivity contribution in [1.82, 2.24) is 10.2 Å². The Labute approximate surface area is 75.1 Å². The standard InChI is InChI=1S/C9H20N2O/c1-10-7-9-3-4-11(8-9)5-6-12-2/h9-10H,3-8H2,1-2H3/t9-/m0/s1. The average Bonchev–Trinajstić information content (AvgIpc) is 2.50. The fraction of sp³-hybridized carbons (Fsp3) is 1.00. The predicted molar refractivity (Wildman–Crippen MR) is 50.3 cm³/mol. The van der Waals surface area contributed by atoms with E-state index in [2.05, 4.69) is 10.2 Å². The highest BCUT2D eigenvalue weighted by Gasteiger charge is 2.20. The first-order valence-corrected chi connectivity index (χ1v) is 4.72. The van der Waals surface area contributed by atoms with Crippen LogP contribution in [0.3, 0.4) is 0 Å². The predicted octanol–water partition coefficient (Wildman–Crippen LogP) is 0.174. The van der Waals surface area contributed by atoms with Crippen LogP contribution in [0.25, 0.3) is 0 Å². The van der Waals surface area contributed by atoms with Crippen LogP contribution >= 0.6 is 0 Å². The van der Waals surface area contributed by atoms with Crippen LogP contribution in [-0.4, -0.2) is 51.8 Å². The molecule has 1 atom stereocenters. The van der Waals surface area contributed by atoms with E-state index in [9.17, 15) is 0 Å². The molecule has 1 aliphatic rings. The molecular formula is C9H20N2O.